The molecule has 112 valence electrons. The molecule has 0 bridgehead atoms. The van der Waals surface area contributed by atoms with Gasteiger partial charge in [-0.05, 0) is 42.9 Å². The highest BCUT2D eigenvalue weighted by molar-refractivity contribution is 7.89. The van der Waals surface area contributed by atoms with Gasteiger partial charge in [-0.2, -0.15) is 0 Å². The standard InChI is InChI=1S/C16H25NO2S/c1-3-13(2)14-9-11-16(12-10-14)20(18,19)17-15-7-5-4-6-8-15/h9-13,15,17H,3-8H2,1-2H3. The fourth-order valence-electron chi connectivity index (χ4n) is 2.72. The van der Waals surface area contributed by atoms with Crippen molar-refractivity contribution in [3.63, 3.8) is 0 Å². The second-order valence-corrected chi connectivity index (χ2v) is 7.55. The van der Waals surface area contributed by atoms with Gasteiger partial charge in [0.1, 0.15) is 0 Å². The summed E-state index contributed by atoms with van der Waals surface area (Å²) >= 11 is 0. The Bertz CT molecular complexity index is 516. The molecule has 0 heterocycles. The van der Waals surface area contributed by atoms with Crippen LogP contribution in [0.25, 0.3) is 0 Å². The molecule has 2 rings (SSSR count). The Morgan fingerprint density at radius 1 is 1.15 bits per heavy atom. The van der Waals surface area contributed by atoms with Crippen molar-refractivity contribution in [2.45, 2.75) is 69.2 Å². The number of nitrogens with one attached hydrogen (secondary N) is 1. The van der Waals surface area contributed by atoms with Crippen LogP contribution in [0.5, 0.6) is 0 Å². The number of benzene rings is 1. The van der Waals surface area contributed by atoms with Crippen LogP contribution in [-0.4, -0.2) is 14.5 Å². The Balaban J connectivity index is 2.08. The molecule has 0 aliphatic heterocycles. The van der Waals surface area contributed by atoms with Gasteiger partial charge >= 0.3 is 0 Å². The molecule has 1 atom stereocenters. The average molecular weight is 295 g/mol. The van der Waals surface area contributed by atoms with Crippen molar-refractivity contribution in [1.82, 2.24) is 4.72 Å². The van der Waals surface area contributed by atoms with E-state index in [-0.39, 0.29) is 6.04 Å². The van der Waals surface area contributed by atoms with Crippen LogP contribution in [0.2, 0.25) is 0 Å². The molecular weight excluding hydrogens is 270 g/mol. The summed E-state index contributed by atoms with van der Waals surface area (Å²) in [6, 6.07) is 7.44. The van der Waals surface area contributed by atoms with E-state index in [4.69, 9.17) is 0 Å². The molecular formula is C16H25NO2S. The molecule has 1 N–H and O–H groups in total. The third-order valence-electron chi connectivity index (χ3n) is 4.30. The van der Waals surface area contributed by atoms with Gasteiger partial charge in [0.15, 0.2) is 0 Å². The Morgan fingerprint density at radius 2 is 1.75 bits per heavy atom. The number of hydrogen-bond donors (Lipinski definition) is 1. The van der Waals surface area contributed by atoms with Gasteiger partial charge in [0.05, 0.1) is 4.90 Å². The van der Waals surface area contributed by atoms with Crippen LogP contribution < -0.4 is 4.72 Å². The third kappa shape index (κ3) is 3.83. The van der Waals surface area contributed by atoms with E-state index in [0.29, 0.717) is 10.8 Å². The van der Waals surface area contributed by atoms with Crippen LogP contribution in [0.1, 0.15) is 63.9 Å². The molecule has 0 radical (unpaired) electrons. The quantitative estimate of drug-likeness (QED) is 0.898. The summed E-state index contributed by atoms with van der Waals surface area (Å²) in [5.74, 6) is 0.470. The van der Waals surface area contributed by atoms with E-state index in [1.54, 1.807) is 12.1 Å². The predicted octanol–water partition coefficient (Wildman–Crippen LogP) is 3.81. The van der Waals surface area contributed by atoms with E-state index in [1.807, 2.05) is 12.1 Å². The summed E-state index contributed by atoms with van der Waals surface area (Å²) < 4.78 is 27.5. The van der Waals surface area contributed by atoms with Crippen molar-refractivity contribution in [3.05, 3.63) is 29.8 Å². The van der Waals surface area contributed by atoms with E-state index in [0.717, 1.165) is 32.1 Å². The molecule has 1 aliphatic carbocycles. The van der Waals surface area contributed by atoms with Gasteiger partial charge in [0.2, 0.25) is 10.0 Å². The minimum absolute atomic E-state index is 0.114. The second kappa shape index (κ2) is 6.72. The summed E-state index contributed by atoms with van der Waals surface area (Å²) in [5.41, 5.74) is 1.20. The van der Waals surface area contributed by atoms with Crippen LogP contribution in [0.3, 0.4) is 0 Å². The summed E-state index contributed by atoms with van der Waals surface area (Å²) in [5, 5.41) is 0. The van der Waals surface area contributed by atoms with Gasteiger partial charge in [-0.3, -0.25) is 0 Å². The maximum absolute atomic E-state index is 12.3. The fraction of sp³-hybridized carbons (Fsp3) is 0.625. The van der Waals surface area contributed by atoms with E-state index < -0.39 is 10.0 Å². The largest absolute Gasteiger partial charge is 0.240 e. The van der Waals surface area contributed by atoms with Crippen LogP contribution >= 0.6 is 0 Å². The number of sulfonamides is 1. The lowest BCUT2D eigenvalue weighted by Gasteiger charge is -2.22. The van der Waals surface area contributed by atoms with E-state index in [1.165, 1.54) is 12.0 Å². The van der Waals surface area contributed by atoms with Crippen LogP contribution in [0.4, 0.5) is 0 Å². The lowest BCUT2D eigenvalue weighted by Crippen LogP contribution is -2.36. The van der Waals surface area contributed by atoms with Crippen molar-refractivity contribution in [1.29, 1.82) is 0 Å². The highest BCUT2D eigenvalue weighted by Gasteiger charge is 2.21. The minimum atomic E-state index is -3.36. The van der Waals surface area contributed by atoms with Crippen LogP contribution in [0, 0.1) is 0 Å². The number of rotatable bonds is 5. The van der Waals surface area contributed by atoms with E-state index in [2.05, 4.69) is 18.6 Å². The van der Waals surface area contributed by atoms with Crippen LogP contribution in [-0.2, 0) is 10.0 Å². The summed E-state index contributed by atoms with van der Waals surface area (Å²) in [6.45, 7) is 4.30. The number of hydrogen-bond acceptors (Lipinski definition) is 2. The monoisotopic (exact) mass is 295 g/mol. The van der Waals surface area contributed by atoms with Gasteiger partial charge in [-0.25, -0.2) is 13.1 Å². The Labute approximate surface area is 122 Å². The molecule has 1 unspecified atom stereocenters. The molecule has 0 aromatic heterocycles. The molecule has 1 aliphatic rings. The Kier molecular flexibility index (Phi) is 5.22. The molecule has 1 aromatic carbocycles. The summed E-state index contributed by atoms with van der Waals surface area (Å²) in [4.78, 5) is 0.384. The van der Waals surface area contributed by atoms with Crippen molar-refractivity contribution in [3.8, 4) is 0 Å². The average Bonchev–Trinajstić information content (AvgIpc) is 2.47. The van der Waals surface area contributed by atoms with Gasteiger partial charge in [-0.1, -0.05) is 45.2 Å². The van der Waals surface area contributed by atoms with Gasteiger partial charge in [0, 0.05) is 6.04 Å². The fourth-order valence-corrected chi connectivity index (χ4v) is 4.02. The highest BCUT2D eigenvalue weighted by atomic mass is 32.2. The molecule has 1 aromatic rings. The SMILES string of the molecule is CCC(C)c1ccc(S(=O)(=O)NC2CCCCC2)cc1. The van der Waals surface area contributed by atoms with Crippen molar-refractivity contribution in [2.24, 2.45) is 0 Å². The molecule has 0 amide bonds. The first kappa shape index (κ1) is 15.5. The van der Waals surface area contributed by atoms with Crippen molar-refractivity contribution in [2.75, 3.05) is 0 Å². The molecule has 3 nitrogen and oxygen atoms in total. The lowest BCUT2D eigenvalue weighted by molar-refractivity contribution is 0.412. The topological polar surface area (TPSA) is 46.2 Å². The normalized spacial score (nSPS) is 18.9. The van der Waals surface area contributed by atoms with E-state index >= 15 is 0 Å². The second-order valence-electron chi connectivity index (χ2n) is 5.83. The molecule has 1 saturated carbocycles. The molecule has 20 heavy (non-hydrogen) atoms. The molecule has 0 spiro atoms. The van der Waals surface area contributed by atoms with Crippen molar-refractivity contribution < 1.29 is 8.42 Å². The zero-order valence-electron chi connectivity index (χ0n) is 12.4. The molecule has 1 fully saturated rings. The maximum Gasteiger partial charge on any atom is 0.240 e. The summed E-state index contributed by atoms with van der Waals surface area (Å²) in [7, 11) is -3.36. The Morgan fingerprint density at radius 3 is 2.30 bits per heavy atom. The smallest absolute Gasteiger partial charge is 0.208 e. The molecule has 0 saturated heterocycles. The maximum atomic E-state index is 12.3. The minimum Gasteiger partial charge on any atom is -0.208 e. The zero-order valence-corrected chi connectivity index (χ0v) is 13.2. The highest BCUT2D eigenvalue weighted by Crippen LogP contribution is 2.22. The summed E-state index contributed by atoms with van der Waals surface area (Å²) in [6.07, 6.45) is 6.46. The first-order valence-corrected chi connectivity index (χ1v) is 9.13. The lowest BCUT2D eigenvalue weighted by atomic mass is 9.96. The van der Waals surface area contributed by atoms with Gasteiger partial charge in [-0.15, -0.1) is 0 Å². The van der Waals surface area contributed by atoms with Gasteiger partial charge < -0.3 is 0 Å². The predicted molar refractivity (Wildman–Crippen MR) is 82.3 cm³/mol. The Hall–Kier alpha value is -0.870. The zero-order chi connectivity index (χ0) is 14.6. The van der Waals surface area contributed by atoms with Crippen molar-refractivity contribution >= 4 is 10.0 Å². The first-order valence-electron chi connectivity index (χ1n) is 7.65. The molecule has 4 heteroatoms. The van der Waals surface area contributed by atoms with Gasteiger partial charge in [0.25, 0.3) is 0 Å². The van der Waals surface area contributed by atoms with Crippen LogP contribution in [0.15, 0.2) is 29.2 Å². The first-order chi connectivity index (χ1) is 9.53. The van der Waals surface area contributed by atoms with E-state index in [9.17, 15) is 8.42 Å². The third-order valence-corrected chi connectivity index (χ3v) is 5.84.